The van der Waals surface area contributed by atoms with Gasteiger partial charge >= 0.3 is 0 Å². The third-order valence-corrected chi connectivity index (χ3v) is 4.03. The monoisotopic (exact) mass is 318 g/mol. The number of aryl methyl sites for hydroxylation is 1. The number of imidazole rings is 1. The second kappa shape index (κ2) is 5.70. The fourth-order valence-corrected chi connectivity index (χ4v) is 2.97. The topological polar surface area (TPSA) is 17.8 Å². The second-order valence-corrected chi connectivity index (χ2v) is 6.34. The number of alkyl halides is 1. The zero-order valence-corrected chi connectivity index (χ0v) is 13.5. The van der Waals surface area contributed by atoms with Gasteiger partial charge in [-0.05, 0) is 43.2 Å². The van der Waals surface area contributed by atoms with Gasteiger partial charge in [0.1, 0.15) is 5.82 Å². The maximum absolute atomic E-state index is 6.32. The molecule has 0 saturated heterocycles. The summed E-state index contributed by atoms with van der Waals surface area (Å²) in [4.78, 5) is 4.73. The molecule has 0 amide bonds. The van der Waals surface area contributed by atoms with Crippen LogP contribution in [0.4, 0.5) is 0 Å². The van der Waals surface area contributed by atoms with Gasteiger partial charge in [0.15, 0.2) is 0 Å². The van der Waals surface area contributed by atoms with Gasteiger partial charge in [-0.1, -0.05) is 35.9 Å². The van der Waals surface area contributed by atoms with Crippen molar-refractivity contribution in [3.05, 3.63) is 64.4 Å². The lowest BCUT2D eigenvalue weighted by molar-refractivity contribution is 0.742. The average Bonchev–Trinajstić information content (AvgIpc) is 2.80. The minimum atomic E-state index is -0.143. The summed E-state index contributed by atoms with van der Waals surface area (Å²) >= 11 is 12.4. The Labute approximate surface area is 134 Å². The van der Waals surface area contributed by atoms with E-state index in [0.29, 0.717) is 6.54 Å². The van der Waals surface area contributed by atoms with Crippen molar-refractivity contribution in [2.75, 3.05) is 0 Å². The summed E-state index contributed by atoms with van der Waals surface area (Å²) in [5, 5.41) is 0.601. The first-order chi connectivity index (χ1) is 10.1. The van der Waals surface area contributed by atoms with Crippen molar-refractivity contribution in [3.63, 3.8) is 0 Å². The van der Waals surface area contributed by atoms with E-state index in [1.807, 2.05) is 25.1 Å². The summed E-state index contributed by atoms with van der Waals surface area (Å²) in [7, 11) is 0. The van der Waals surface area contributed by atoms with Crippen molar-refractivity contribution in [1.82, 2.24) is 9.55 Å². The molecule has 0 saturated carbocycles. The van der Waals surface area contributed by atoms with Gasteiger partial charge in [-0.25, -0.2) is 4.98 Å². The number of nitrogens with zero attached hydrogens (tertiary/aromatic N) is 2. The van der Waals surface area contributed by atoms with Gasteiger partial charge in [-0.3, -0.25) is 0 Å². The van der Waals surface area contributed by atoms with Gasteiger partial charge in [0.25, 0.3) is 0 Å². The van der Waals surface area contributed by atoms with Gasteiger partial charge in [0.05, 0.1) is 16.4 Å². The maximum atomic E-state index is 6.32. The Morgan fingerprint density at radius 1 is 1.19 bits per heavy atom. The predicted octanol–water partition coefficient (Wildman–Crippen LogP) is 5.35. The van der Waals surface area contributed by atoms with E-state index in [4.69, 9.17) is 28.2 Å². The minimum Gasteiger partial charge on any atom is -0.322 e. The molecule has 1 atom stereocenters. The van der Waals surface area contributed by atoms with Gasteiger partial charge in [-0.15, -0.1) is 11.6 Å². The van der Waals surface area contributed by atoms with E-state index < -0.39 is 0 Å². The number of rotatable bonds is 3. The lowest BCUT2D eigenvalue weighted by Crippen LogP contribution is -2.05. The molecular formula is C17H16Cl2N2. The molecule has 0 radical (unpaired) electrons. The Balaban J connectivity index is 2.16. The van der Waals surface area contributed by atoms with Crippen LogP contribution in [-0.4, -0.2) is 9.55 Å². The summed E-state index contributed by atoms with van der Waals surface area (Å²) in [5.41, 5.74) is 4.43. The molecule has 0 aliphatic rings. The average molecular weight is 319 g/mol. The molecule has 3 rings (SSSR count). The first-order valence-electron chi connectivity index (χ1n) is 6.90. The molecule has 0 aliphatic carbocycles. The first kappa shape index (κ1) is 14.4. The second-order valence-electron chi connectivity index (χ2n) is 5.24. The number of fused-ring (bicyclic) bond motifs is 1. The highest BCUT2D eigenvalue weighted by Gasteiger charge is 2.16. The van der Waals surface area contributed by atoms with Crippen LogP contribution in [0.5, 0.6) is 0 Å². The molecule has 0 fully saturated rings. The summed E-state index contributed by atoms with van der Waals surface area (Å²) in [6.45, 7) is 4.74. The molecule has 0 spiro atoms. The Morgan fingerprint density at radius 2 is 1.95 bits per heavy atom. The van der Waals surface area contributed by atoms with Gasteiger partial charge in [-0.2, -0.15) is 0 Å². The van der Waals surface area contributed by atoms with Crippen molar-refractivity contribution in [2.24, 2.45) is 0 Å². The van der Waals surface area contributed by atoms with E-state index in [2.05, 4.69) is 35.8 Å². The Morgan fingerprint density at radius 3 is 2.67 bits per heavy atom. The lowest BCUT2D eigenvalue weighted by Gasteiger charge is -2.11. The molecule has 1 aromatic heterocycles. The number of benzene rings is 2. The maximum Gasteiger partial charge on any atom is 0.128 e. The normalized spacial score (nSPS) is 12.8. The number of para-hydroxylation sites is 1. The molecule has 4 heteroatoms. The van der Waals surface area contributed by atoms with Crippen molar-refractivity contribution in [3.8, 4) is 0 Å². The predicted molar refractivity (Wildman–Crippen MR) is 89.3 cm³/mol. The smallest absolute Gasteiger partial charge is 0.128 e. The van der Waals surface area contributed by atoms with E-state index in [-0.39, 0.29) is 5.38 Å². The molecule has 3 aromatic rings. The summed E-state index contributed by atoms with van der Waals surface area (Å²) in [6, 6.07) is 14.1. The van der Waals surface area contributed by atoms with Crippen LogP contribution in [0.3, 0.4) is 0 Å². The Hall–Kier alpha value is -1.51. The van der Waals surface area contributed by atoms with E-state index in [9.17, 15) is 0 Å². The quantitative estimate of drug-likeness (QED) is 0.595. The van der Waals surface area contributed by atoms with Crippen LogP contribution < -0.4 is 0 Å². The molecule has 1 unspecified atom stereocenters. The molecule has 1 heterocycles. The fourth-order valence-electron chi connectivity index (χ4n) is 2.59. The summed E-state index contributed by atoms with van der Waals surface area (Å²) in [5.74, 6) is 0.890. The standard InChI is InChI=1S/C17H16Cl2N2/c1-11-5-3-8-15-16(11)20-17(12(2)18)21(15)10-13-6-4-7-14(19)9-13/h3-9,12H,10H2,1-2H3. The number of halogens is 2. The lowest BCUT2D eigenvalue weighted by atomic mass is 10.2. The van der Waals surface area contributed by atoms with Crippen LogP contribution in [0.1, 0.15) is 29.3 Å². The van der Waals surface area contributed by atoms with Crippen LogP contribution in [0.2, 0.25) is 5.02 Å². The zero-order chi connectivity index (χ0) is 15.0. The zero-order valence-electron chi connectivity index (χ0n) is 12.0. The fraction of sp³-hybridized carbons (Fsp3) is 0.235. The van der Waals surface area contributed by atoms with Crippen LogP contribution in [0, 0.1) is 6.92 Å². The van der Waals surface area contributed by atoms with Crippen LogP contribution in [0.25, 0.3) is 11.0 Å². The van der Waals surface area contributed by atoms with Gasteiger partial charge < -0.3 is 4.57 Å². The van der Waals surface area contributed by atoms with Crippen molar-refractivity contribution in [2.45, 2.75) is 25.8 Å². The molecule has 2 aromatic carbocycles. The van der Waals surface area contributed by atoms with E-state index in [1.165, 1.54) is 0 Å². The number of hydrogen-bond donors (Lipinski definition) is 0. The van der Waals surface area contributed by atoms with E-state index in [0.717, 1.165) is 33.0 Å². The third kappa shape index (κ3) is 2.78. The molecule has 21 heavy (non-hydrogen) atoms. The largest absolute Gasteiger partial charge is 0.322 e. The number of aromatic nitrogens is 2. The van der Waals surface area contributed by atoms with Crippen molar-refractivity contribution >= 4 is 34.2 Å². The van der Waals surface area contributed by atoms with Crippen LogP contribution >= 0.6 is 23.2 Å². The summed E-state index contributed by atoms with van der Waals surface area (Å²) in [6.07, 6.45) is 0. The molecule has 0 bridgehead atoms. The minimum absolute atomic E-state index is 0.143. The molecular weight excluding hydrogens is 303 g/mol. The summed E-state index contributed by atoms with van der Waals surface area (Å²) < 4.78 is 2.17. The van der Waals surface area contributed by atoms with Crippen LogP contribution in [0.15, 0.2) is 42.5 Å². The van der Waals surface area contributed by atoms with Crippen molar-refractivity contribution in [1.29, 1.82) is 0 Å². The van der Waals surface area contributed by atoms with E-state index in [1.54, 1.807) is 0 Å². The molecule has 108 valence electrons. The van der Waals surface area contributed by atoms with E-state index >= 15 is 0 Å². The highest BCUT2D eigenvalue weighted by molar-refractivity contribution is 6.30. The third-order valence-electron chi connectivity index (χ3n) is 3.60. The van der Waals surface area contributed by atoms with Gasteiger partial charge in [0, 0.05) is 11.6 Å². The highest BCUT2D eigenvalue weighted by atomic mass is 35.5. The Kier molecular flexibility index (Phi) is 3.92. The van der Waals surface area contributed by atoms with Crippen LogP contribution in [-0.2, 0) is 6.54 Å². The molecule has 0 N–H and O–H groups in total. The molecule has 0 aliphatic heterocycles. The van der Waals surface area contributed by atoms with Gasteiger partial charge in [0.2, 0.25) is 0 Å². The van der Waals surface area contributed by atoms with Crippen molar-refractivity contribution < 1.29 is 0 Å². The SMILES string of the molecule is Cc1cccc2c1nc(C(C)Cl)n2Cc1cccc(Cl)c1. The number of hydrogen-bond acceptors (Lipinski definition) is 1. The highest BCUT2D eigenvalue weighted by Crippen LogP contribution is 2.27. The first-order valence-corrected chi connectivity index (χ1v) is 7.72. The Bertz CT molecular complexity index is 791. The molecule has 2 nitrogen and oxygen atoms in total.